The molecule has 0 aromatic heterocycles. The molecule has 0 saturated carbocycles. The van der Waals surface area contributed by atoms with E-state index >= 15 is 0 Å². The van der Waals surface area contributed by atoms with Crippen LogP contribution in [0.15, 0.2) is 78.9 Å². The lowest BCUT2D eigenvalue weighted by Gasteiger charge is -2.11. The van der Waals surface area contributed by atoms with Crippen molar-refractivity contribution in [3.05, 3.63) is 90.0 Å². The third-order valence-electron chi connectivity index (χ3n) is 4.40. The van der Waals surface area contributed by atoms with Crippen molar-refractivity contribution in [2.75, 3.05) is 5.32 Å². The van der Waals surface area contributed by atoms with Crippen molar-refractivity contribution in [2.24, 2.45) is 0 Å². The van der Waals surface area contributed by atoms with Crippen LogP contribution >= 0.6 is 0 Å². The fourth-order valence-corrected chi connectivity index (χ4v) is 3.13. The van der Waals surface area contributed by atoms with Gasteiger partial charge in [0.15, 0.2) is 0 Å². The van der Waals surface area contributed by atoms with E-state index in [1.165, 1.54) is 6.07 Å². The summed E-state index contributed by atoms with van der Waals surface area (Å²) in [6, 6.07) is 23.9. The number of fused-ring (bicyclic) bond motifs is 2. The SMILES string of the molecule is O=C(O)c1ccccc1NC(=O)c1cccc2cc3ccccc3cc12. The number of carboxylic acid groups (broad SMARTS) is 1. The van der Waals surface area contributed by atoms with Crippen LogP contribution in [0.25, 0.3) is 21.5 Å². The predicted molar refractivity (Wildman–Crippen MR) is 103 cm³/mol. The van der Waals surface area contributed by atoms with Gasteiger partial charge in [0.1, 0.15) is 0 Å². The Morgan fingerprint density at radius 3 is 2.08 bits per heavy atom. The van der Waals surface area contributed by atoms with E-state index in [4.69, 9.17) is 0 Å². The molecule has 0 heterocycles. The van der Waals surface area contributed by atoms with Crippen LogP contribution in [0.3, 0.4) is 0 Å². The first-order chi connectivity index (χ1) is 12.6. The second-order valence-corrected chi connectivity index (χ2v) is 6.03. The number of hydrogen-bond donors (Lipinski definition) is 2. The van der Waals surface area contributed by atoms with Gasteiger partial charge in [-0.3, -0.25) is 4.79 Å². The maximum absolute atomic E-state index is 12.8. The molecule has 4 aromatic carbocycles. The van der Waals surface area contributed by atoms with Gasteiger partial charge < -0.3 is 10.4 Å². The summed E-state index contributed by atoms with van der Waals surface area (Å²) in [5.74, 6) is -1.41. The Morgan fingerprint density at radius 2 is 1.31 bits per heavy atom. The van der Waals surface area contributed by atoms with E-state index < -0.39 is 5.97 Å². The van der Waals surface area contributed by atoms with Gasteiger partial charge in [0, 0.05) is 5.56 Å². The van der Waals surface area contributed by atoms with Gasteiger partial charge in [-0.05, 0) is 51.9 Å². The predicted octanol–water partition coefficient (Wildman–Crippen LogP) is 4.94. The first kappa shape index (κ1) is 15.8. The third-order valence-corrected chi connectivity index (χ3v) is 4.40. The number of carbonyl (C=O) groups excluding carboxylic acids is 1. The Morgan fingerprint density at radius 1 is 0.692 bits per heavy atom. The van der Waals surface area contributed by atoms with Gasteiger partial charge in [-0.2, -0.15) is 0 Å². The van der Waals surface area contributed by atoms with Crippen molar-refractivity contribution in [2.45, 2.75) is 0 Å². The molecule has 0 aliphatic carbocycles. The molecule has 26 heavy (non-hydrogen) atoms. The molecule has 0 radical (unpaired) electrons. The summed E-state index contributed by atoms with van der Waals surface area (Å²) < 4.78 is 0. The number of rotatable bonds is 3. The number of amides is 1. The summed E-state index contributed by atoms with van der Waals surface area (Å²) in [6.07, 6.45) is 0. The number of carbonyl (C=O) groups is 2. The van der Waals surface area contributed by atoms with Crippen LogP contribution in [0.2, 0.25) is 0 Å². The molecule has 4 rings (SSSR count). The van der Waals surface area contributed by atoms with Crippen LogP contribution in [-0.2, 0) is 0 Å². The molecule has 4 heteroatoms. The second-order valence-electron chi connectivity index (χ2n) is 6.03. The molecule has 0 unspecified atom stereocenters. The van der Waals surface area contributed by atoms with Crippen molar-refractivity contribution in [1.82, 2.24) is 0 Å². The average molecular weight is 341 g/mol. The molecule has 0 aliphatic heterocycles. The topological polar surface area (TPSA) is 66.4 Å². The van der Waals surface area contributed by atoms with Crippen LogP contribution in [0.5, 0.6) is 0 Å². The summed E-state index contributed by atoms with van der Waals surface area (Å²) >= 11 is 0. The molecule has 0 saturated heterocycles. The maximum atomic E-state index is 12.8. The van der Waals surface area contributed by atoms with Gasteiger partial charge in [0.2, 0.25) is 0 Å². The molecule has 0 spiro atoms. The van der Waals surface area contributed by atoms with Gasteiger partial charge >= 0.3 is 5.97 Å². The highest BCUT2D eigenvalue weighted by Gasteiger charge is 2.15. The molecule has 126 valence electrons. The number of anilines is 1. The number of carboxylic acids is 1. The molecule has 0 fully saturated rings. The summed E-state index contributed by atoms with van der Waals surface area (Å²) in [6.45, 7) is 0. The lowest BCUT2D eigenvalue weighted by molar-refractivity contribution is 0.0698. The molecular formula is C22H15NO3. The molecule has 4 nitrogen and oxygen atoms in total. The Kier molecular flexibility index (Phi) is 3.86. The number of nitrogens with one attached hydrogen (secondary N) is 1. The highest BCUT2D eigenvalue weighted by atomic mass is 16.4. The van der Waals surface area contributed by atoms with Gasteiger partial charge in [-0.15, -0.1) is 0 Å². The number of benzene rings is 4. The van der Waals surface area contributed by atoms with E-state index in [1.54, 1.807) is 24.3 Å². The molecule has 0 atom stereocenters. The molecule has 4 aromatic rings. The minimum absolute atomic E-state index is 0.0616. The average Bonchev–Trinajstić information content (AvgIpc) is 2.66. The number of aromatic carboxylic acids is 1. The highest BCUT2D eigenvalue weighted by molar-refractivity contribution is 6.16. The molecule has 0 bridgehead atoms. The molecule has 0 aliphatic rings. The van der Waals surface area contributed by atoms with Crippen LogP contribution < -0.4 is 5.32 Å². The van der Waals surface area contributed by atoms with Crippen LogP contribution in [0.4, 0.5) is 5.69 Å². The quantitative estimate of drug-likeness (QED) is 0.519. The summed E-state index contributed by atoms with van der Waals surface area (Å²) in [5, 5.41) is 16.0. The van der Waals surface area contributed by atoms with Crippen LogP contribution in [-0.4, -0.2) is 17.0 Å². The minimum atomic E-state index is -1.08. The zero-order chi connectivity index (χ0) is 18.1. The first-order valence-corrected chi connectivity index (χ1v) is 8.19. The minimum Gasteiger partial charge on any atom is -0.478 e. The first-order valence-electron chi connectivity index (χ1n) is 8.19. The fraction of sp³-hybridized carbons (Fsp3) is 0. The van der Waals surface area contributed by atoms with Crippen LogP contribution in [0, 0.1) is 0 Å². The molecular weight excluding hydrogens is 326 g/mol. The summed E-state index contributed by atoms with van der Waals surface area (Å²) in [7, 11) is 0. The Labute approximate surface area is 149 Å². The zero-order valence-corrected chi connectivity index (χ0v) is 13.8. The van der Waals surface area contributed by atoms with Crippen molar-refractivity contribution < 1.29 is 14.7 Å². The normalized spacial score (nSPS) is 10.8. The smallest absolute Gasteiger partial charge is 0.337 e. The van der Waals surface area contributed by atoms with E-state index in [2.05, 4.69) is 5.32 Å². The van der Waals surface area contributed by atoms with Crippen LogP contribution in [0.1, 0.15) is 20.7 Å². The number of hydrogen-bond acceptors (Lipinski definition) is 2. The van der Waals surface area contributed by atoms with E-state index in [-0.39, 0.29) is 17.2 Å². The van der Waals surface area contributed by atoms with E-state index in [0.717, 1.165) is 21.5 Å². The molecule has 1 amide bonds. The van der Waals surface area contributed by atoms with E-state index in [9.17, 15) is 14.7 Å². The third kappa shape index (κ3) is 2.78. The Bertz CT molecular complexity index is 1160. The summed E-state index contributed by atoms with van der Waals surface area (Å²) in [4.78, 5) is 24.2. The van der Waals surface area contributed by atoms with Gasteiger partial charge in [0.25, 0.3) is 5.91 Å². The van der Waals surface area contributed by atoms with Crippen molar-refractivity contribution in [3.63, 3.8) is 0 Å². The Balaban J connectivity index is 1.80. The monoisotopic (exact) mass is 341 g/mol. The van der Waals surface area contributed by atoms with Crippen molar-refractivity contribution >= 4 is 39.1 Å². The van der Waals surface area contributed by atoms with E-state index in [0.29, 0.717) is 5.56 Å². The van der Waals surface area contributed by atoms with E-state index in [1.807, 2.05) is 48.5 Å². The van der Waals surface area contributed by atoms with Crippen molar-refractivity contribution in [1.29, 1.82) is 0 Å². The molecule has 2 N–H and O–H groups in total. The van der Waals surface area contributed by atoms with Crippen molar-refractivity contribution in [3.8, 4) is 0 Å². The second kappa shape index (κ2) is 6.33. The largest absolute Gasteiger partial charge is 0.478 e. The zero-order valence-electron chi connectivity index (χ0n) is 13.8. The Hall–Kier alpha value is -3.66. The van der Waals surface area contributed by atoms with Gasteiger partial charge in [-0.1, -0.05) is 48.5 Å². The highest BCUT2D eigenvalue weighted by Crippen LogP contribution is 2.26. The number of para-hydroxylation sites is 1. The van der Waals surface area contributed by atoms with Gasteiger partial charge in [0.05, 0.1) is 11.3 Å². The fourth-order valence-electron chi connectivity index (χ4n) is 3.13. The lowest BCUT2D eigenvalue weighted by atomic mass is 9.99. The standard InChI is InChI=1S/C22H15NO3/c24-21(23-20-11-4-3-9-18(20)22(25)26)17-10-5-8-16-12-14-6-1-2-7-15(14)13-19(16)17/h1-13H,(H,23,24)(H,25,26). The lowest BCUT2D eigenvalue weighted by Crippen LogP contribution is -2.15. The maximum Gasteiger partial charge on any atom is 0.337 e. The van der Waals surface area contributed by atoms with Gasteiger partial charge in [-0.25, -0.2) is 4.79 Å². The summed E-state index contributed by atoms with van der Waals surface area (Å²) in [5.41, 5.74) is 0.850.